The fourth-order valence-corrected chi connectivity index (χ4v) is 3.39. The summed E-state index contributed by atoms with van der Waals surface area (Å²) in [7, 11) is 0. The van der Waals surface area contributed by atoms with Gasteiger partial charge in [0.15, 0.2) is 4.90 Å². The van der Waals surface area contributed by atoms with Gasteiger partial charge in [-0.25, -0.2) is 0 Å². The fraction of sp³-hybridized carbons (Fsp3) is 0.235. The molecule has 1 amide bonds. The summed E-state index contributed by atoms with van der Waals surface area (Å²) in [4.78, 5) is 12.7. The van der Waals surface area contributed by atoms with Crippen LogP contribution >= 0.6 is 11.6 Å². The van der Waals surface area contributed by atoms with Crippen molar-refractivity contribution in [3.63, 3.8) is 0 Å². The van der Waals surface area contributed by atoms with E-state index in [1.165, 1.54) is 0 Å². The Morgan fingerprint density at radius 2 is 1.96 bits per heavy atom. The van der Waals surface area contributed by atoms with E-state index in [4.69, 9.17) is 11.6 Å². The van der Waals surface area contributed by atoms with Crippen molar-refractivity contribution in [1.29, 1.82) is 0 Å². The third kappa shape index (κ3) is 4.84. The molecule has 0 aliphatic rings. The van der Waals surface area contributed by atoms with Crippen LogP contribution in [0.1, 0.15) is 28.4 Å². The first-order valence-electron chi connectivity index (χ1n) is 7.48. The van der Waals surface area contributed by atoms with Crippen LogP contribution < -0.4 is 5.32 Å². The molecule has 2 aromatic carbocycles. The zero-order chi connectivity index (χ0) is 19.5. The molecule has 0 heterocycles. The Kier molecular flexibility index (Phi) is 6.44. The molecule has 0 aliphatic carbocycles. The molecule has 4 nitrogen and oxygen atoms in total. The normalized spacial score (nSPS) is 12.7. The van der Waals surface area contributed by atoms with E-state index in [1.807, 2.05) is 0 Å². The lowest BCUT2D eigenvalue weighted by molar-refractivity contribution is -0.138. The zero-order valence-electron chi connectivity index (χ0n) is 13.6. The Hall–Kier alpha value is -1.90. The van der Waals surface area contributed by atoms with Crippen LogP contribution in [0.4, 0.5) is 13.2 Å². The lowest BCUT2D eigenvalue weighted by Gasteiger charge is -2.14. The number of carbonyl (C=O) groups is 1. The molecule has 1 atom stereocenters. The van der Waals surface area contributed by atoms with Gasteiger partial charge in [0.25, 0.3) is 5.91 Å². The van der Waals surface area contributed by atoms with E-state index >= 15 is 0 Å². The Bertz CT molecular complexity index is 814. The predicted molar refractivity (Wildman–Crippen MR) is 92.7 cm³/mol. The average molecular weight is 406 g/mol. The lowest BCUT2D eigenvalue weighted by atomic mass is 10.1. The molecule has 2 N–H and O–H groups in total. The lowest BCUT2D eigenvalue weighted by Crippen LogP contribution is -2.24. The molecule has 140 valence electrons. The molecule has 0 fully saturated rings. The third-order valence-electron chi connectivity index (χ3n) is 3.53. The smallest absolute Gasteiger partial charge is 0.419 e. The topological polar surface area (TPSA) is 72.4 Å². The van der Waals surface area contributed by atoms with Gasteiger partial charge in [0.1, 0.15) is 11.5 Å². The first-order chi connectivity index (χ1) is 12.1. The molecule has 0 spiro atoms. The van der Waals surface area contributed by atoms with Crippen molar-refractivity contribution < 1.29 is 27.6 Å². The summed E-state index contributed by atoms with van der Waals surface area (Å²) in [5, 5.41) is 12.2. The molecule has 0 radical (unpaired) electrons. The van der Waals surface area contributed by atoms with Gasteiger partial charge in [-0.2, -0.15) is 13.2 Å². The maximum absolute atomic E-state index is 12.8. The Morgan fingerprint density at radius 1 is 1.27 bits per heavy atom. The van der Waals surface area contributed by atoms with Gasteiger partial charge in [-0.05, 0) is 54.5 Å². The van der Waals surface area contributed by atoms with E-state index in [0.717, 1.165) is 12.1 Å². The van der Waals surface area contributed by atoms with E-state index in [0.29, 0.717) is 27.3 Å². The minimum absolute atomic E-state index is 0.0529. The molecule has 1 unspecified atom stereocenters. The van der Waals surface area contributed by atoms with Crippen molar-refractivity contribution in [3.05, 3.63) is 58.1 Å². The van der Waals surface area contributed by atoms with Crippen molar-refractivity contribution in [3.8, 4) is 5.75 Å². The van der Waals surface area contributed by atoms with Crippen LogP contribution in [0.3, 0.4) is 0 Å². The predicted octanol–water partition coefficient (Wildman–Crippen LogP) is 4.12. The molecule has 2 rings (SSSR count). The van der Waals surface area contributed by atoms with Crippen molar-refractivity contribution in [2.45, 2.75) is 24.5 Å². The summed E-state index contributed by atoms with van der Waals surface area (Å²) in [5.41, 5.74) is -1.03. The summed E-state index contributed by atoms with van der Waals surface area (Å²) >= 11 is 4.64. The van der Waals surface area contributed by atoms with Crippen LogP contribution in [0.5, 0.6) is 5.75 Å². The number of hydrogen-bond donors (Lipinski definition) is 2. The average Bonchev–Trinajstić information content (AvgIpc) is 2.58. The molecule has 0 saturated heterocycles. The van der Waals surface area contributed by atoms with Crippen LogP contribution in [0.15, 0.2) is 41.3 Å². The van der Waals surface area contributed by atoms with Gasteiger partial charge in [-0.1, -0.05) is 11.6 Å². The summed E-state index contributed by atoms with van der Waals surface area (Å²) in [5.74, 6) is -1.34. The van der Waals surface area contributed by atoms with Gasteiger partial charge < -0.3 is 15.0 Å². The molecule has 0 aromatic heterocycles. The molecule has 2 aromatic rings. The SMILES string of the molecule is CC[S+]([O-])c1ccc(Cl)cc1CNC(=O)c1ccc(O)c(C(F)(F)F)c1. The summed E-state index contributed by atoms with van der Waals surface area (Å²) < 4.78 is 50.5. The number of benzene rings is 2. The van der Waals surface area contributed by atoms with Crippen molar-refractivity contribution in [1.82, 2.24) is 5.32 Å². The number of phenolic OH excluding ortho intramolecular Hbond substituents is 1. The highest BCUT2D eigenvalue weighted by Gasteiger charge is 2.34. The van der Waals surface area contributed by atoms with Crippen molar-refractivity contribution in [2.24, 2.45) is 0 Å². The van der Waals surface area contributed by atoms with Gasteiger partial charge in [0.05, 0.1) is 5.56 Å². The minimum atomic E-state index is -4.78. The molecular formula is C17H15ClF3NO3S. The minimum Gasteiger partial charge on any atom is -0.611 e. The number of amides is 1. The molecule has 0 bridgehead atoms. The highest BCUT2D eigenvalue weighted by molar-refractivity contribution is 7.91. The molecule has 9 heteroatoms. The maximum atomic E-state index is 12.8. The Morgan fingerprint density at radius 3 is 2.58 bits per heavy atom. The van der Waals surface area contributed by atoms with Gasteiger partial charge in [-0.15, -0.1) is 0 Å². The highest BCUT2D eigenvalue weighted by atomic mass is 35.5. The Labute approximate surface area is 156 Å². The monoisotopic (exact) mass is 405 g/mol. The van der Waals surface area contributed by atoms with E-state index in [1.54, 1.807) is 25.1 Å². The number of nitrogens with one attached hydrogen (secondary N) is 1. The fourth-order valence-electron chi connectivity index (χ4n) is 2.25. The first kappa shape index (κ1) is 20.4. The molecule has 0 saturated carbocycles. The summed E-state index contributed by atoms with van der Waals surface area (Å²) in [6.45, 7) is 1.69. The van der Waals surface area contributed by atoms with Crippen LogP contribution in [0, 0.1) is 0 Å². The quantitative estimate of drug-likeness (QED) is 0.735. The van der Waals surface area contributed by atoms with E-state index < -0.39 is 34.6 Å². The molecule has 26 heavy (non-hydrogen) atoms. The number of hydrogen-bond acceptors (Lipinski definition) is 3. The number of carbonyl (C=O) groups excluding carboxylic acids is 1. The van der Waals surface area contributed by atoms with Crippen molar-refractivity contribution >= 4 is 28.7 Å². The second-order valence-corrected chi connectivity index (χ2v) is 7.44. The van der Waals surface area contributed by atoms with E-state index in [2.05, 4.69) is 5.32 Å². The van der Waals surface area contributed by atoms with Crippen LogP contribution in [-0.4, -0.2) is 21.3 Å². The van der Waals surface area contributed by atoms with Gasteiger partial charge >= 0.3 is 6.18 Å². The van der Waals surface area contributed by atoms with Crippen LogP contribution in [-0.2, 0) is 23.9 Å². The summed E-state index contributed by atoms with van der Waals surface area (Å²) in [6, 6.07) is 7.19. The second-order valence-electron chi connectivity index (χ2n) is 5.30. The Balaban J connectivity index is 2.21. The van der Waals surface area contributed by atoms with E-state index in [9.17, 15) is 27.6 Å². The zero-order valence-corrected chi connectivity index (χ0v) is 15.1. The van der Waals surface area contributed by atoms with E-state index in [-0.39, 0.29) is 12.1 Å². The van der Waals surface area contributed by atoms with Gasteiger partial charge in [-0.3, -0.25) is 4.79 Å². The van der Waals surface area contributed by atoms with Crippen molar-refractivity contribution in [2.75, 3.05) is 5.75 Å². The maximum Gasteiger partial charge on any atom is 0.419 e. The summed E-state index contributed by atoms with van der Waals surface area (Å²) in [6.07, 6.45) is -4.78. The number of halogens is 4. The number of phenols is 1. The first-order valence-corrected chi connectivity index (χ1v) is 9.18. The number of alkyl halides is 3. The van der Waals surface area contributed by atoms with Crippen LogP contribution in [0.2, 0.25) is 5.02 Å². The number of aromatic hydroxyl groups is 1. The highest BCUT2D eigenvalue weighted by Crippen LogP contribution is 2.36. The second kappa shape index (κ2) is 8.20. The van der Waals surface area contributed by atoms with Gasteiger partial charge in [0.2, 0.25) is 0 Å². The molecular weight excluding hydrogens is 391 g/mol. The standard InChI is InChI=1S/C17H15ClF3NO3S/c1-2-26(25)15-6-4-12(18)7-11(15)9-22-16(24)10-3-5-14(23)13(8-10)17(19,20)21/h3-8,23H,2,9H2,1H3,(H,22,24). The van der Waals surface area contributed by atoms with Gasteiger partial charge in [0, 0.05) is 22.7 Å². The third-order valence-corrected chi connectivity index (χ3v) is 5.18. The van der Waals surface area contributed by atoms with Crippen LogP contribution in [0.25, 0.3) is 0 Å². The largest absolute Gasteiger partial charge is 0.611 e. The molecule has 0 aliphatic heterocycles. The number of rotatable bonds is 5.